The Morgan fingerprint density at radius 2 is 1.92 bits per heavy atom. The molecule has 7 nitrogen and oxygen atoms in total. The zero-order valence-electron chi connectivity index (χ0n) is 14.4. The lowest BCUT2D eigenvalue weighted by atomic mass is 10.1. The fourth-order valence-electron chi connectivity index (χ4n) is 2.78. The number of rotatable bonds is 6. The predicted octanol–water partition coefficient (Wildman–Crippen LogP) is 2.26. The van der Waals surface area contributed by atoms with Crippen molar-refractivity contribution in [2.75, 3.05) is 44.2 Å². The first-order chi connectivity index (χ1) is 12.2. The molecule has 1 saturated heterocycles. The van der Waals surface area contributed by atoms with Crippen molar-refractivity contribution < 1.29 is 22.9 Å². The van der Waals surface area contributed by atoms with Crippen molar-refractivity contribution in [2.45, 2.75) is 19.5 Å². The summed E-state index contributed by atoms with van der Waals surface area (Å²) in [6.45, 7) is 4.59. The first kappa shape index (κ1) is 20.0. The maximum atomic E-state index is 12.8. The molecule has 1 aromatic rings. The second-order valence-electron chi connectivity index (χ2n) is 6.07. The van der Waals surface area contributed by atoms with Crippen LogP contribution in [0.5, 0.6) is 0 Å². The van der Waals surface area contributed by atoms with E-state index in [0.717, 1.165) is 18.6 Å². The second kappa shape index (κ2) is 8.35. The van der Waals surface area contributed by atoms with Crippen molar-refractivity contribution in [1.82, 2.24) is 10.2 Å². The minimum absolute atomic E-state index is 0.0826. The van der Waals surface area contributed by atoms with Gasteiger partial charge in [-0.2, -0.15) is 13.2 Å². The van der Waals surface area contributed by atoms with E-state index in [1.165, 1.54) is 0 Å². The highest BCUT2D eigenvalue weighted by Crippen LogP contribution is 2.36. The molecule has 2 rings (SSSR count). The van der Waals surface area contributed by atoms with Crippen LogP contribution >= 0.6 is 0 Å². The number of halogens is 3. The standard InChI is InChI=1S/C16H21F3N4O3/c1-2-5-20-15(24)11-21-6-8-22(9-7-21)13-4-3-12(16(17,18)19)10-14(13)23(25)26/h3-4,10H,2,5-9,11H2,1H3,(H,20,24). The van der Waals surface area contributed by atoms with Gasteiger partial charge in [-0.15, -0.1) is 0 Å². The molecule has 0 spiro atoms. The van der Waals surface area contributed by atoms with E-state index in [1.54, 1.807) is 4.90 Å². The molecule has 0 aromatic heterocycles. The van der Waals surface area contributed by atoms with E-state index >= 15 is 0 Å². The number of piperazine rings is 1. The summed E-state index contributed by atoms with van der Waals surface area (Å²) >= 11 is 0. The van der Waals surface area contributed by atoms with Crippen LogP contribution in [-0.4, -0.2) is 55.0 Å². The number of benzene rings is 1. The number of anilines is 1. The van der Waals surface area contributed by atoms with E-state index in [2.05, 4.69) is 5.32 Å². The van der Waals surface area contributed by atoms with Crippen LogP contribution in [-0.2, 0) is 11.0 Å². The Bertz CT molecular complexity index is 659. The molecular formula is C16H21F3N4O3. The predicted molar refractivity (Wildman–Crippen MR) is 90.1 cm³/mol. The zero-order chi connectivity index (χ0) is 19.3. The summed E-state index contributed by atoms with van der Waals surface area (Å²) in [5, 5.41) is 14.0. The van der Waals surface area contributed by atoms with Crippen LogP contribution in [0, 0.1) is 10.1 Å². The van der Waals surface area contributed by atoms with Crippen LogP contribution in [0.25, 0.3) is 0 Å². The Kier molecular flexibility index (Phi) is 6.41. The summed E-state index contributed by atoms with van der Waals surface area (Å²) in [4.78, 5) is 25.7. The van der Waals surface area contributed by atoms with Gasteiger partial charge < -0.3 is 10.2 Å². The summed E-state index contributed by atoms with van der Waals surface area (Å²) in [6, 6.07) is 2.57. The van der Waals surface area contributed by atoms with Crippen molar-refractivity contribution in [3.8, 4) is 0 Å². The van der Waals surface area contributed by atoms with Gasteiger partial charge in [-0.1, -0.05) is 6.92 Å². The number of nitrogens with one attached hydrogen (secondary N) is 1. The molecular weight excluding hydrogens is 353 g/mol. The zero-order valence-corrected chi connectivity index (χ0v) is 14.4. The molecule has 1 N–H and O–H groups in total. The maximum Gasteiger partial charge on any atom is 0.416 e. The Morgan fingerprint density at radius 3 is 2.46 bits per heavy atom. The lowest BCUT2D eigenvalue weighted by Crippen LogP contribution is -2.49. The van der Waals surface area contributed by atoms with Crippen LogP contribution in [0.2, 0.25) is 0 Å². The Hall–Kier alpha value is -2.36. The van der Waals surface area contributed by atoms with Gasteiger partial charge in [0.05, 0.1) is 17.0 Å². The number of carbonyl (C=O) groups is 1. The Labute approximate surface area is 148 Å². The first-order valence-electron chi connectivity index (χ1n) is 8.32. The highest BCUT2D eigenvalue weighted by atomic mass is 19.4. The number of amides is 1. The monoisotopic (exact) mass is 374 g/mol. The van der Waals surface area contributed by atoms with Gasteiger partial charge in [0.25, 0.3) is 5.69 Å². The smallest absolute Gasteiger partial charge is 0.363 e. The maximum absolute atomic E-state index is 12.8. The number of hydrogen-bond donors (Lipinski definition) is 1. The molecule has 0 bridgehead atoms. The molecule has 0 aliphatic carbocycles. The molecule has 1 aromatic carbocycles. The van der Waals surface area contributed by atoms with Crippen LogP contribution in [0.15, 0.2) is 18.2 Å². The lowest BCUT2D eigenvalue weighted by Gasteiger charge is -2.35. The van der Waals surface area contributed by atoms with E-state index < -0.39 is 22.4 Å². The lowest BCUT2D eigenvalue weighted by molar-refractivity contribution is -0.384. The van der Waals surface area contributed by atoms with Gasteiger partial charge >= 0.3 is 6.18 Å². The fourth-order valence-corrected chi connectivity index (χ4v) is 2.78. The highest BCUT2D eigenvalue weighted by molar-refractivity contribution is 5.78. The molecule has 1 fully saturated rings. The summed E-state index contributed by atoms with van der Waals surface area (Å²) < 4.78 is 38.4. The van der Waals surface area contributed by atoms with Crippen LogP contribution in [0.3, 0.4) is 0 Å². The van der Waals surface area contributed by atoms with E-state index in [0.29, 0.717) is 38.8 Å². The molecule has 1 aliphatic rings. The minimum atomic E-state index is -4.63. The summed E-state index contributed by atoms with van der Waals surface area (Å²) in [7, 11) is 0. The van der Waals surface area contributed by atoms with Gasteiger partial charge in [0.15, 0.2) is 0 Å². The Morgan fingerprint density at radius 1 is 1.27 bits per heavy atom. The average molecular weight is 374 g/mol. The molecule has 1 aliphatic heterocycles. The topological polar surface area (TPSA) is 78.7 Å². The molecule has 10 heteroatoms. The molecule has 0 radical (unpaired) electrons. The van der Waals surface area contributed by atoms with Crippen LogP contribution in [0.1, 0.15) is 18.9 Å². The van der Waals surface area contributed by atoms with Crippen molar-refractivity contribution in [1.29, 1.82) is 0 Å². The van der Waals surface area contributed by atoms with Crippen molar-refractivity contribution >= 4 is 17.3 Å². The molecule has 0 atom stereocenters. The van der Waals surface area contributed by atoms with E-state index in [-0.39, 0.29) is 18.1 Å². The van der Waals surface area contributed by atoms with E-state index in [4.69, 9.17) is 0 Å². The largest absolute Gasteiger partial charge is 0.416 e. The van der Waals surface area contributed by atoms with Crippen molar-refractivity contribution in [3.63, 3.8) is 0 Å². The third-order valence-corrected chi connectivity index (χ3v) is 4.15. The molecule has 144 valence electrons. The minimum Gasteiger partial charge on any atom is -0.363 e. The molecule has 26 heavy (non-hydrogen) atoms. The summed E-state index contributed by atoms with van der Waals surface area (Å²) in [5.74, 6) is -0.0826. The fraction of sp³-hybridized carbons (Fsp3) is 0.562. The van der Waals surface area contributed by atoms with Gasteiger partial charge in [0.1, 0.15) is 5.69 Å². The summed E-state index contributed by atoms with van der Waals surface area (Å²) in [5.41, 5.74) is -1.44. The third-order valence-electron chi connectivity index (χ3n) is 4.15. The van der Waals surface area contributed by atoms with Gasteiger partial charge in [-0.3, -0.25) is 19.8 Å². The third kappa shape index (κ3) is 5.07. The van der Waals surface area contributed by atoms with Crippen molar-refractivity contribution in [3.05, 3.63) is 33.9 Å². The second-order valence-corrected chi connectivity index (χ2v) is 6.07. The van der Waals surface area contributed by atoms with Crippen LogP contribution in [0.4, 0.5) is 24.5 Å². The summed E-state index contributed by atoms with van der Waals surface area (Å²) in [6.07, 6.45) is -3.79. The normalized spacial score (nSPS) is 15.8. The first-order valence-corrected chi connectivity index (χ1v) is 8.32. The van der Waals surface area contributed by atoms with Gasteiger partial charge in [-0.25, -0.2) is 0 Å². The highest BCUT2D eigenvalue weighted by Gasteiger charge is 2.34. The quantitative estimate of drug-likeness (QED) is 0.610. The SMILES string of the molecule is CCCNC(=O)CN1CCN(c2ccc(C(F)(F)F)cc2[N+](=O)[O-])CC1. The number of nitro groups is 1. The van der Waals surface area contributed by atoms with Gasteiger partial charge in [-0.05, 0) is 18.6 Å². The van der Waals surface area contributed by atoms with E-state index in [9.17, 15) is 28.1 Å². The van der Waals surface area contributed by atoms with Gasteiger partial charge in [0.2, 0.25) is 5.91 Å². The van der Waals surface area contributed by atoms with Gasteiger partial charge in [0, 0.05) is 38.8 Å². The number of carbonyl (C=O) groups excluding carboxylic acids is 1. The average Bonchev–Trinajstić information content (AvgIpc) is 2.59. The molecule has 1 heterocycles. The number of hydrogen-bond acceptors (Lipinski definition) is 5. The number of nitro benzene ring substituents is 1. The van der Waals surface area contributed by atoms with Crippen molar-refractivity contribution in [2.24, 2.45) is 0 Å². The Balaban J connectivity index is 2.04. The number of alkyl halides is 3. The van der Waals surface area contributed by atoms with E-state index in [1.807, 2.05) is 11.8 Å². The molecule has 0 saturated carbocycles. The number of nitrogens with zero attached hydrogens (tertiary/aromatic N) is 3. The van der Waals surface area contributed by atoms with Crippen LogP contribution < -0.4 is 10.2 Å². The molecule has 0 unspecified atom stereocenters. The molecule has 1 amide bonds.